The second-order valence-corrected chi connectivity index (χ2v) is 8.24. The first-order valence-electron chi connectivity index (χ1n) is 9.06. The number of nitrogens with zero attached hydrogens (tertiary/aromatic N) is 1. The molecule has 1 fully saturated rings. The predicted molar refractivity (Wildman–Crippen MR) is 110 cm³/mol. The number of aliphatic carboxylic acids is 1. The lowest BCUT2D eigenvalue weighted by atomic mass is 9.98. The molecule has 1 N–H and O–H groups in total. The van der Waals surface area contributed by atoms with Crippen LogP contribution in [0.4, 0.5) is 0 Å². The van der Waals surface area contributed by atoms with Crippen LogP contribution in [0.1, 0.15) is 31.9 Å². The van der Waals surface area contributed by atoms with Gasteiger partial charge in [-0.3, -0.25) is 9.69 Å². The number of hydrogen-bond donors (Lipinski definition) is 1. The van der Waals surface area contributed by atoms with E-state index in [-0.39, 0.29) is 18.1 Å². The fourth-order valence-electron chi connectivity index (χ4n) is 3.17. The van der Waals surface area contributed by atoms with Crippen molar-refractivity contribution < 1.29 is 19.4 Å². The Morgan fingerprint density at radius 3 is 2.46 bits per heavy atom. The van der Waals surface area contributed by atoms with Gasteiger partial charge in [0.25, 0.3) is 0 Å². The van der Waals surface area contributed by atoms with Crippen LogP contribution in [0.2, 0.25) is 10.0 Å². The number of morpholine rings is 1. The Hall–Kier alpha value is -1.79. The van der Waals surface area contributed by atoms with Crippen LogP contribution in [0.15, 0.2) is 42.5 Å². The van der Waals surface area contributed by atoms with Gasteiger partial charge in [-0.25, -0.2) is 0 Å². The van der Waals surface area contributed by atoms with Gasteiger partial charge in [-0.1, -0.05) is 41.4 Å². The number of rotatable bonds is 6. The van der Waals surface area contributed by atoms with Gasteiger partial charge in [-0.05, 0) is 43.7 Å². The average molecular weight is 424 g/mol. The molecule has 0 spiro atoms. The van der Waals surface area contributed by atoms with Crippen molar-refractivity contribution in [3.8, 4) is 11.5 Å². The summed E-state index contributed by atoms with van der Waals surface area (Å²) in [6.07, 6.45) is -0.0126. The standard InChI is InChI=1S/C21H23Cl2NO4/c1-21(2)13-27-18(12-24(21)11-10-19(25)26)14-6-8-15(9-7-14)28-20-16(22)4-3-5-17(20)23/h3-9,18H,10-13H2,1-2H3,(H,25,26). The zero-order chi connectivity index (χ0) is 20.3. The highest BCUT2D eigenvalue weighted by atomic mass is 35.5. The van der Waals surface area contributed by atoms with Gasteiger partial charge in [0.15, 0.2) is 5.75 Å². The molecular weight excluding hydrogens is 401 g/mol. The molecule has 1 saturated heterocycles. The molecule has 28 heavy (non-hydrogen) atoms. The monoisotopic (exact) mass is 423 g/mol. The van der Waals surface area contributed by atoms with Gasteiger partial charge in [-0.15, -0.1) is 0 Å². The maximum Gasteiger partial charge on any atom is 0.304 e. The second-order valence-electron chi connectivity index (χ2n) is 7.42. The second kappa shape index (κ2) is 8.70. The third kappa shape index (κ3) is 4.97. The number of para-hydroxylation sites is 1. The van der Waals surface area contributed by atoms with Crippen LogP contribution in [0.5, 0.6) is 11.5 Å². The first-order valence-corrected chi connectivity index (χ1v) is 9.82. The summed E-state index contributed by atoms with van der Waals surface area (Å²) in [6.45, 7) is 5.79. The Labute approximate surface area is 174 Å². The van der Waals surface area contributed by atoms with Crippen molar-refractivity contribution in [2.75, 3.05) is 19.7 Å². The van der Waals surface area contributed by atoms with Gasteiger partial charge in [0.05, 0.1) is 29.2 Å². The van der Waals surface area contributed by atoms with Gasteiger partial charge in [-0.2, -0.15) is 0 Å². The highest BCUT2D eigenvalue weighted by Gasteiger charge is 2.35. The lowest BCUT2D eigenvalue weighted by molar-refractivity contribution is -0.140. The van der Waals surface area contributed by atoms with E-state index >= 15 is 0 Å². The smallest absolute Gasteiger partial charge is 0.304 e. The van der Waals surface area contributed by atoms with E-state index in [1.54, 1.807) is 18.2 Å². The Bertz CT molecular complexity index is 819. The fraction of sp³-hybridized carbons (Fsp3) is 0.381. The highest BCUT2D eigenvalue weighted by molar-refractivity contribution is 6.37. The van der Waals surface area contributed by atoms with Crippen LogP contribution in [-0.2, 0) is 9.53 Å². The lowest BCUT2D eigenvalue weighted by Gasteiger charge is -2.45. The third-order valence-corrected chi connectivity index (χ3v) is 5.46. The van der Waals surface area contributed by atoms with Gasteiger partial charge in [0.2, 0.25) is 0 Å². The summed E-state index contributed by atoms with van der Waals surface area (Å²) in [5, 5.41) is 9.89. The number of benzene rings is 2. The normalized spacial score (nSPS) is 19.4. The number of carboxylic acid groups (broad SMARTS) is 1. The van der Waals surface area contributed by atoms with Gasteiger partial charge in [0, 0.05) is 18.6 Å². The van der Waals surface area contributed by atoms with Crippen molar-refractivity contribution in [3.63, 3.8) is 0 Å². The molecule has 3 rings (SSSR count). The van der Waals surface area contributed by atoms with Crippen LogP contribution in [0.3, 0.4) is 0 Å². The van der Waals surface area contributed by atoms with E-state index in [0.717, 1.165) is 5.56 Å². The van der Waals surface area contributed by atoms with Crippen LogP contribution in [-0.4, -0.2) is 41.2 Å². The van der Waals surface area contributed by atoms with Crippen molar-refractivity contribution >= 4 is 29.2 Å². The van der Waals surface area contributed by atoms with Crippen molar-refractivity contribution in [1.29, 1.82) is 0 Å². The number of halogens is 2. The molecule has 0 saturated carbocycles. The molecule has 1 unspecified atom stereocenters. The van der Waals surface area contributed by atoms with Gasteiger partial charge in [0.1, 0.15) is 5.75 Å². The maximum absolute atomic E-state index is 10.9. The van der Waals surface area contributed by atoms with Crippen LogP contribution in [0.25, 0.3) is 0 Å². The molecule has 0 bridgehead atoms. The molecule has 7 heteroatoms. The molecule has 1 atom stereocenters. The van der Waals surface area contributed by atoms with E-state index in [2.05, 4.69) is 18.7 Å². The third-order valence-electron chi connectivity index (χ3n) is 4.87. The summed E-state index contributed by atoms with van der Waals surface area (Å²) in [5.74, 6) is 0.255. The van der Waals surface area contributed by atoms with E-state index in [1.807, 2.05) is 24.3 Å². The maximum atomic E-state index is 10.9. The topological polar surface area (TPSA) is 59.0 Å². The summed E-state index contributed by atoms with van der Waals surface area (Å²) in [5.41, 5.74) is 0.809. The fourth-order valence-corrected chi connectivity index (χ4v) is 3.64. The van der Waals surface area contributed by atoms with Crippen molar-refractivity contribution in [2.24, 2.45) is 0 Å². The first kappa shape index (κ1) is 20.9. The molecule has 1 aliphatic heterocycles. The molecule has 2 aromatic rings. The lowest BCUT2D eigenvalue weighted by Crippen LogP contribution is -2.54. The molecule has 0 radical (unpaired) electrons. The van der Waals surface area contributed by atoms with Gasteiger partial charge < -0.3 is 14.6 Å². The summed E-state index contributed by atoms with van der Waals surface area (Å²) in [7, 11) is 0. The largest absolute Gasteiger partial charge is 0.481 e. The highest BCUT2D eigenvalue weighted by Crippen LogP contribution is 2.37. The number of carbonyl (C=O) groups is 1. The molecule has 0 aliphatic carbocycles. The zero-order valence-corrected chi connectivity index (χ0v) is 17.3. The minimum absolute atomic E-state index is 0.113. The van der Waals surface area contributed by atoms with E-state index in [4.69, 9.17) is 37.8 Å². The number of carboxylic acids is 1. The van der Waals surface area contributed by atoms with Crippen molar-refractivity contribution in [1.82, 2.24) is 4.90 Å². The number of ether oxygens (including phenoxy) is 2. The van der Waals surface area contributed by atoms with Crippen molar-refractivity contribution in [3.05, 3.63) is 58.1 Å². The SMILES string of the molecule is CC1(C)COC(c2ccc(Oc3c(Cl)cccc3Cl)cc2)CN1CCC(=O)O. The average Bonchev–Trinajstić information content (AvgIpc) is 2.64. The Kier molecular flexibility index (Phi) is 6.50. The van der Waals surface area contributed by atoms with Crippen molar-refractivity contribution in [2.45, 2.75) is 31.9 Å². The Morgan fingerprint density at radius 2 is 1.86 bits per heavy atom. The molecule has 5 nitrogen and oxygen atoms in total. The number of hydrogen-bond acceptors (Lipinski definition) is 4. The minimum Gasteiger partial charge on any atom is -0.481 e. The first-order chi connectivity index (χ1) is 13.3. The molecule has 0 amide bonds. The molecular formula is C21H23Cl2NO4. The zero-order valence-electron chi connectivity index (χ0n) is 15.8. The molecule has 2 aromatic carbocycles. The van der Waals surface area contributed by atoms with Gasteiger partial charge >= 0.3 is 5.97 Å². The summed E-state index contributed by atoms with van der Waals surface area (Å²) in [4.78, 5) is 13.1. The minimum atomic E-state index is -0.793. The molecule has 1 heterocycles. The quantitative estimate of drug-likeness (QED) is 0.672. The van der Waals surface area contributed by atoms with E-state index in [1.165, 1.54) is 0 Å². The summed E-state index contributed by atoms with van der Waals surface area (Å²) < 4.78 is 11.9. The summed E-state index contributed by atoms with van der Waals surface area (Å²) in [6, 6.07) is 12.8. The van der Waals surface area contributed by atoms with Crippen LogP contribution < -0.4 is 4.74 Å². The van der Waals surface area contributed by atoms with Crippen LogP contribution in [0, 0.1) is 0 Å². The molecule has 150 valence electrons. The Morgan fingerprint density at radius 1 is 1.21 bits per heavy atom. The van der Waals surface area contributed by atoms with E-state index < -0.39 is 5.97 Å². The summed E-state index contributed by atoms with van der Waals surface area (Å²) >= 11 is 12.3. The Balaban J connectivity index is 1.70. The van der Waals surface area contributed by atoms with E-state index in [0.29, 0.717) is 41.2 Å². The van der Waals surface area contributed by atoms with E-state index in [9.17, 15) is 4.79 Å². The molecule has 0 aromatic heterocycles. The molecule has 1 aliphatic rings. The predicted octanol–water partition coefficient (Wildman–Crippen LogP) is 5.41. The van der Waals surface area contributed by atoms with Crippen LogP contribution >= 0.6 is 23.2 Å².